The SMILES string of the molecule is CCCCCC(C(=O)NC(C)C(C)(CNC(=O)C1OC(C)(C)OCC1(C)C)C(=O)O)C(C)(C)C. The first-order valence-corrected chi connectivity index (χ1v) is 12.5. The summed E-state index contributed by atoms with van der Waals surface area (Å²) in [6.07, 6.45) is 3.03. The molecule has 0 aromatic heterocycles. The molecule has 0 aliphatic carbocycles. The minimum atomic E-state index is -1.40. The highest BCUT2D eigenvalue weighted by atomic mass is 16.7. The van der Waals surface area contributed by atoms with E-state index in [9.17, 15) is 19.5 Å². The van der Waals surface area contributed by atoms with Gasteiger partial charge in [-0.05, 0) is 39.5 Å². The number of hydrogen-bond acceptors (Lipinski definition) is 5. The van der Waals surface area contributed by atoms with E-state index in [0.29, 0.717) is 6.61 Å². The van der Waals surface area contributed by atoms with E-state index in [0.717, 1.165) is 25.7 Å². The topological polar surface area (TPSA) is 114 Å². The molecule has 3 N–H and O–H groups in total. The van der Waals surface area contributed by atoms with Crippen LogP contribution in [0.2, 0.25) is 0 Å². The Morgan fingerprint density at radius 2 is 1.68 bits per heavy atom. The van der Waals surface area contributed by atoms with E-state index < -0.39 is 34.7 Å². The van der Waals surface area contributed by atoms with E-state index in [-0.39, 0.29) is 29.7 Å². The van der Waals surface area contributed by atoms with E-state index >= 15 is 0 Å². The largest absolute Gasteiger partial charge is 0.481 e. The number of amides is 2. The molecule has 1 rings (SSSR count). The lowest BCUT2D eigenvalue weighted by molar-refractivity contribution is -0.304. The Morgan fingerprint density at radius 1 is 1.09 bits per heavy atom. The second-order valence-electron chi connectivity index (χ2n) is 12.3. The van der Waals surface area contributed by atoms with Crippen LogP contribution in [-0.4, -0.2) is 54.0 Å². The molecule has 0 aromatic rings. The molecule has 1 heterocycles. The molecule has 0 aromatic carbocycles. The standard InChI is InChI=1S/C26H48N2O6/c1-11-12-13-14-18(23(3,4)5)20(29)28-17(2)26(10,22(31)32)15-27-21(30)19-24(6,7)16-33-25(8,9)34-19/h17-19H,11-16H2,1-10H3,(H,27,30)(H,28,29)(H,31,32). The molecule has 1 aliphatic heterocycles. The van der Waals surface area contributed by atoms with E-state index in [2.05, 4.69) is 17.6 Å². The predicted octanol–water partition coefficient (Wildman–Crippen LogP) is 4.12. The molecular weight excluding hydrogens is 436 g/mol. The van der Waals surface area contributed by atoms with Gasteiger partial charge in [-0.2, -0.15) is 0 Å². The highest BCUT2D eigenvalue weighted by Gasteiger charge is 2.47. The summed E-state index contributed by atoms with van der Waals surface area (Å²) < 4.78 is 11.5. The molecule has 4 atom stereocenters. The number of carbonyl (C=O) groups is 3. The average molecular weight is 485 g/mol. The van der Waals surface area contributed by atoms with Crippen molar-refractivity contribution in [3.05, 3.63) is 0 Å². The van der Waals surface area contributed by atoms with Gasteiger partial charge in [0.2, 0.25) is 11.8 Å². The van der Waals surface area contributed by atoms with Gasteiger partial charge >= 0.3 is 5.97 Å². The molecule has 0 radical (unpaired) electrons. The third-order valence-electron chi connectivity index (χ3n) is 7.03. The van der Waals surface area contributed by atoms with Gasteiger partial charge in [0.05, 0.1) is 6.61 Å². The van der Waals surface area contributed by atoms with Crippen LogP contribution < -0.4 is 10.6 Å². The fraction of sp³-hybridized carbons (Fsp3) is 0.885. The summed E-state index contributed by atoms with van der Waals surface area (Å²) in [5.41, 5.74) is -2.22. The van der Waals surface area contributed by atoms with Crippen molar-refractivity contribution in [3.63, 3.8) is 0 Å². The second-order valence-corrected chi connectivity index (χ2v) is 12.3. The van der Waals surface area contributed by atoms with Crippen LogP contribution in [0.3, 0.4) is 0 Å². The van der Waals surface area contributed by atoms with Gasteiger partial charge in [0.25, 0.3) is 0 Å². The van der Waals surface area contributed by atoms with Crippen molar-refractivity contribution in [1.82, 2.24) is 10.6 Å². The van der Waals surface area contributed by atoms with E-state index in [1.54, 1.807) is 27.7 Å². The summed E-state index contributed by atoms with van der Waals surface area (Å²) in [5, 5.41) is 15.8. The van der Waals surface area contributed by atoms with Crippen molar-refractivity contribution in [2.75, 3.05) is 13.2 Å². The molecule has 8 heteroatoms. The third-order valence-corrected chi connectivity index (χ3v) is 7.03. The second kappa shape index (κ2) is 11.4. The van der Waals surface area contributed by atoms with Crippen molar-refractivity contribution in [3.8, 4) is 0 Å². The lowest BCUT2D eigenvalue weighted by Gasteiger charge is -2.45. The molecule has 1 fully saturated rings. The normalized spacial score (nSPS) is 23.3. The Morgan fingerprint density at radius 3 is 2.18 bits per heavy atom. The first kappa shape index (κ1) is 30.4. The Kier molecular flexibility index (Phi) is 10.2. The lowest BCUT2D eigenvalue weighted by atomic mass is 9.76. The maximum Gasteiger partial charge on any atom is 0.313 e. The summed E-state index contributed by atoms with van der Waals surface area (Å²) in [5.74, 6) is -2.77. The predicted molar refractivity (Wildman–Crippen MR) is 132 cm³/mol. The van der Waals surface area contributed by atoms with E-state index in [1.807, 2.05) is 34.6 Å². The zero-order valence-electron chi connectivity index (χ0n) is 23.0. The van der Waals surface area contributed by atoms with Crippen molar-refractivity contribution < 1.29 is 29.0 Å². The number of ether oxygens (including phenoxy) is 2. The Hall–Kier alpha value is -1.67. The minimum absolute atomic E-state index is 0.143. The lowest BCUT2D eigenvalue weighted by Crippen LogP contribution is -2.60. The van der Waals surface area contributed by atoms with Crippen LogP contribution in [0.4, 0.5) is 0 Å². The number of hydrogen-bond donors (Lipinski definition) is 3. The molecule has 0 bridgehead atoms. The van der Waals surface area contributed by atoms with Crippen molar-refractivity contribution in [2.45, 2.75) is 113 Å². The highest BCUT2D eigenvalue weighted by Crippen LogP contribution is 2.35. The van der Waals surface area contributed by atoms with Crippen molar-refractivity contribution in [1.29, 1.82) is 0 Å². The number of carboxylic acid groups (broad SMARTS) is 1. The van der Waals surface area contributed by atoms with Crippen LogP contribution >= 0.6 is 0 Å². The van der Waals surface area contributed by atoms with Crippen LogP contribution in [0.1, 0.15) is 94.9 Å². The van der Waals surface area contributed by atoms with Crippen LogP contribution in [0.5, 0.6) is 0 Å². The van der Waals surface area contributed by atoms with Gasteiger partial charge < -0.3 is 25.2 Å². The molecule has 0 saturated carbocycles. The third kappa shape index (κ3) is 7.94. The number of carboxylic acids is 1. The van der Waals surface area contributed by atoms with Gasteiger partial charge in [0.1, 0.15) is 11.5 Å². The van der Waals surface area contributed by atoms with E-state index in [4.69, 9.17) is 9.47 Å². The summed E-state index contributed by atoms with van der Waals surface area (Å²) in [6, 6.07) is -0.700. The van der Waals surface area contributed by atoms with Crippen LogP contribution in [0, 0.1) is 22.2 Å². The van der Waals surface area contributed by atoms with E-state index in [1.165, 1.54) is 0 Å². The smallest absolute Gasteiger partial charge is 0.313 e. The number of aliphatic carboxylic acids is 1. The van der Waals surface area contributed by atoms with Gasteiger partial charge in [0.15, 0.2) is 5.79 Å². The first-order valence-electron chi connectivity index (χ1n) is 12.5. The first-order chi connectivity index (χ1) is 15.4. The molecule has 1 aliphatic rings. The fourth-order valence-electron chi connectivity index (χ4n) is 4.13. The summed E-state index contributed by atoms with van der Waals surface area (Å²) >= 11 is 0. The molecule has 0 spiro atoms. The monoisotopic (exact) mass is 484 g/mol. The van der Waals surface area contributed by atoms with Gasteiger partial charge in [-0.1, -0.05) is 60.8 Å². The molecule has 4 unspecified atom stereocenters. The van der Waals surface area contributed by atoms with Crippen LogP contribution in [0.15, 0.2) is 0 Å². The van der Waals surface area contributed by atoms with Crippen molar-refractivity contribution in [2.24, 2.45) is 22.2 Å². The molecular formula is C26H48N2O6. The maximum atomic E-state index is 13.2. The summed E-state index contributed by atoms with van der Waals surface area (Å²) in [7, 11) is 0. The fourth-order valence-corrected chi connectivity index (χ4v) is 4.13. The number of unbranched alkanes of at least 4 members (excludes halogenated alkanes) is 2. The molecule has 198 valence electrons. The number of nitrogens with one attached hydrogen (secondary N) is 2. The highest BCUT2D eigenvalue weighted by molar-refractivity contribution is 5.84. The van der Waals surface area contributed by atoms with Crippen LogP contribution in [-0.2, 0) is 23.9 Å². The molecule has 1 saturated heterocycles. The molecule has 34 heavy (non-hydrogen) atoms. The Balaban J connectivity index is 2.94. The van der Waals surface area contributed by atoms with Gasteiger partial charge in [-0.15, -0.1) is 0 Å². The molecule has 8 nitrogen and oxygen atoms in total. The minimum Gasteiger partial charge on any atom is -0.481 e. The quantitative estimate of drug-likeness (QED) is 0.380. The zero-order valence-corrected chi connectivity index (χ0v) is 23.0. The van der Waals surface area contributed by atoms with Gasteiger partial charge in [-0.25, -0.2) is 0 Å². The zero-order chi connectivity index (χ0) is 26.5. The summed E-state index contributed by atoms with van der Waals surface area (Å²) in [6.45, 7) is 18.9. The van der Waals surface area contributed by atoms with Gasteiger partial charge in [0, 0.05) is 23.9 Å². The van der Waals surface area contributed by atoms with Crippen LogP contribution in [0.25, 0.3) is 0 Å². The maximum absolute atomic E-state index is 13.2. The Bertz CT molecular complexity index is 727. The Labute approximate surface area is 205 Å². The van der Waals surface area contributed by atoms with Crippen molar-refractivity contribution >= 4 is 17.8 Å². The average Bonchev–Trinajstić information content (AvgIpc) is 2.69. The molecule has 2 amide bonds. The number of rotatable bonds is 11. The van der Waals surface area contributed by atoms with Gasteiger partial charge in [-0.3, -0.25) is 14.4 Å². The number of carbonyl (C=O) groups excluding carboxylic acids is 2. The summed E-state index contributed by atoms with van der Waals surface area (Å²) in [4.78, 5) is 38.5.